The summed E-state index contributed by atoms with van der Waals surface area (Å²) in [6.07, 6.45) is 2.35. The van der Waals surface area contributed by atoms with Crippen LogP contribution in [0.25, 0.3) is 11.3 Å². The predicted octanol–water partition coefficient (Wildman–Crippen LogP) is 5.85. The van der Waals surface area contributed by atoms with E-state index in [0.717, 1.165) is 11.1 Å². The minimum Gasteiger partial charge on any atom is -0.493 e. The lowest BCUT2D eigenvalue weighted by Crippen LogP contribution is -2.26. The maximum Gasteiger partial charge on any atom is 0.220 e. The maximum atomic E-state index is 12.5. The topological polar surface area (TPSA) is 73.6 Å². The van der Waals surface area contributed by atoms with Gasteiger partial charge in [0.2, 0.25) is 5.91 Å². The summed E-state index contributed by atoms with van der Waals surface area (Å²) in [5.74, 6) is 2.86. The molecule has 0 saturated carbocycles. The van der Waals surface area contributed by atoms with Crippen LogP contribution in [0.5, 0.6) is 11.5 Å². The van der Waals surface area contributed by atoms with Gasteiger partial charge in [0.15, 0.2) is 23.1 Å². The quantitative estimate of drug-likeness (QED) is 0.414. The first kappa shape index (κ1) is 23.7. The lowest BCUT2D eigenvalue weighted by molar-refractivity contribution is -0.121. The van der Waals surface area contributed by atoms with Crippen LogP contribution in [0.2, 0.25) is 5.02 Å². The molecule has 170 valence electrons. The molecule has 7 heteroatoms. The zero-order valence-electron chi connectivity index (χ0n) is 18.9. The number of aryl methyl sites for hydroxylation is 1. The van der Waals surface area contributed by atoms with Crippen molar-refractivity contribution < 1.29 is 18.7 Å². The van der Waals surface area contributed by atoms with E-state index in [0.29, 0.717) is 47.1 Å². The molecule has 3 rings (SSSR count). The Kier molecular flexibility index (Phi) is 8.17. The van der Waals surface area contributed by atoms with Crippen molar-refractivity contribution in [1.29, 1.82) is 0 Å². The Morgan fingerprint density at radius 1 is 1.12 bits per heavy atom. The standard InChI is InChI=1S/C25H29ClN2O4/c1-16(2)15-31-21-10-7-19(13-22(21)30-4)17(3)28-24(29)11-12-25-27-14-23(32-25)18-5-8-20(26)9-6-18/h5-10,13-14,16-17H,11-12,15H2,1-4H3,(H,28,29). The van der Waals surface area contributed by atoms with E-state index in [1.54, 1.807) is 25.4 Å². The molecule has 0 radical (unpaired) electrons. The summed E-state index contributed by atoms with van der Waals surface area (Å²) in [7, 11) is 1.61. The van der Waals surface area contributed by atoms with Crippen LogP contribution >= 0.6 is 11.6 Å². The summed E-state index contributed by atoms with van der Waals surface area (Å²) < 4.78 is 17.0. The normalized spacial score (nSPS) is 11.9. The second kappa shape index (κ2) is 11.0. The second-order valence-corrected chi connectivity index (χ2v) is 8.47. The van der Waals surface area contributed by atoms with Crippen molar-refractivity contribution in [2.24, 2.45) is 5.92 Å². The molecule has 1 N–H and O–H groups in total. The van der Waals surface area contributed by atoms with Crippen molar-refractivity contribution in [2.45, 2.75) is 39.7 Å². The minimum absolute atomic E-state index is 0.0807. The third-order valence-electron chi connectivity index (χ3n) is 4.89. The SMILES string of the molecule is COc1cc(C(C)NC(=O)CCc2ncc(-c3ccc(Cl)cc3)o2)ccc1OCC(C)C. The maximum absolute atomic E-state index is 12.5. The number of nitrogens with zero attached hydrogens (tertiary/aromatic N) is 1. The Hall–Kier alpha value is -2.99. The number of methoxy groups -OCH3 is 1. The van der Waals surface area contributed by atoms with Crippen molar-refractivity contribution in [3.8, 4) is 22.8 Å². The van der Waals surface area contributed by atoms with E-state index in [4.69, 9.17) is 25.5 Å². The Balaban J connectivity index is 1.54. The zero-order chi connectivity index (χ0) is 23.1. The van der Waals surface area contributed by atoms with Crippen LogP contribution in [0, 0.1) is 5.92 Å². The molecule has 0 spiro atoms. The highest BCUT2D eigenvalue weighted by atomic mass is 35.5. The first-order valence-corrected chi connectivity index (χ1v) is 11.0. The molecule has 0 saturated heterocycles. The number of hydrogen-bond acceptors (Lipinski definition) is 5. The van der Waals surface area contributed by atoms with Crippen molar-refractivity contribution in [2.75, 3.05) is 13.7 Å². The lowest BCUT2D eigenvalue weighted by atomic mass is 10.1. The monoisotopic (exact) mass is 456 g/mol. The van der Waals surface area contributed by atoms with Gasteiger partial charge in [-0.2, -0.15) is 0 Å². The number of amides is 1. The zero-order valence-corrected chi connectivity index (χ0v) is 19.6. The van der Waals surface area contributed by atoms with Crippen molar-refractivity contribution in [3.63, 3.8) is 0 Å². The highest BCUT2D eigenvalue weighted by Crippen LogP contribution is 2.30. The molecule has 2 aromatic carbocycles. The number of oxazole rings is 1. The number of ether oxygens (including phenoxy) is 2. The molecular formula is C25H29ClN2O4. The molecule has 32 heavy (non-hydrogen) atoms. The summed E-state index contributed by atoms with van der Waals surface area (Å²) >= 11 is 5.92. The first-order chi connectivity index (χ1) is 15.4. The average Bonchev–Trinajstić information content (AvgIpc) is 3.25. The van der Waals surface area contributed by atoms with Gasteiger partial charge in [-0.05, 0) is 54.8 Å². The number of aromatic nitrogens is 1. The van der Waals surface area contributed by atoms with E-state index in [9.17, 15) is 4.79 Å². The van der Waals surface area contributed by atoms with Crippen LogP contribution in [-0.2, 0) is 11.2 Å². The van der Waals surface area contributed by atoms with Crippen LogP contribution in [0.4, 0.5) is 0 Å². The van der Waals surface area contributed by atoms with Gasteiger partial charge in [0.05, 0.1) is 26.0 Å². The van der Waals surface area contributed by atoms with Crippen LogP contribution in [0.3, 0.4) is 0 Å². The van der Waals surface area contributed by atoms with E-state index in [1.165, 1.54) is 0 Å². The Labute approximate surface area is 193 Å². The fourth-order valence-corrected chi connectivity index (χ4v) is 3.25. The molecule has 0 aliphatic rings. The van der Waals surface area contributed by atoms with Gasteiger partial charge < -0.3 is 19.2 Å². The van der Waals surface area contributed by atoms with Crippen LogP contribution < -0.4 is 14.8 Å². The smallest absolute Gasteiger partial charge is 0.220 e. The summed E-state index contributed by atoms with van der Waals surface area (Å²) in [4.78, 5) is 16.7. The highest BCUT2D eigenvalue weighted by molar-refractivity contribution is 6.30. The highest BCUT2D eigenvalue weighted by Gasteiger charge is 2.15. The van der Waals surface area contributed by atoms with Gasteiger partial charge in [-0.15, -0.1) is 0 Å². The summed E-state index contributed by atoms with van der Waals surface area (Å²) in [5, 5.41) is 3.67. The van der Waals surface area contributed by atoms with Crippen LogP contribution in [0.15, 0.2) is 53.1 Å². The molecular weight excluding hydrogens is 428 g/mol. The van der Waals surface area contributed by atoms with E-state index in [2.05, 4.69) is 24.1 Å². The molecule has 1 atom stereocenters. The van der Waals surface area contributed by atoms with E-state index in [1.807, 2.05) is 37.3 Å². The van der Waals surface area contributed by atoms with Crippen LogP contribution in [0.1, 0.15) is 44.7 Å². The van der Waals surface area contributed by atoms with E-state index >= 15 is 0 Å². The first-order valence-electron chi connectivity index (χ1n) is 10.7. The van der Waals surface area contributed by atoms with Crippen molar-refractivity contribution >= 4 is 17.5 Å². The van der Waals surface area contributed by atoms with Crippen LogP contribution in [-0.4, -0.2) is 24.6 Å². The fourth-order valence-electron chi connectivity index (χ4n) is 3.12. The third kappa shape index (κ3) is 6.50. The summed E-state index contributed by atoms with van der Waals surface area (Å²) in [5.41, 5.74) is 1.83. The van der Waals surface area contributed by atoms with Gasteiger partial charge in [0.25, 0.3) is 0 Å². The van der Waals surface area contributed by atoms with Gasteiger partial charge in [-0.3, -0.25) is 4.79 Å². The van der Waals surface area contributed by atoms with E-state index < -0.39 is 0 Å². The Bertz CT molecular complexity index is 1030. The van der Waals surface area contributed by atoms with Gasteiger partial charge in [-0.1, -0.05) is 31.5 Å². The number of halogens is 1. The number of rotatable bonds is 10. The molecule has 1 heterocycles. The lowest BCUT2D eigenvalue weighted by Gasteiger charge is -2.17. The molecule has 0 aliphatic carbocycles. The van der Waals surface area contributed by atoms with Gasteiger partial charge >= 0.3 is 0 Å². The second-order valence-electron chi connectivity index (χ2n) is 8.03. The number of hydrogen-bond donors (Lipinski definition) is 1. The molecule has 0 aliphatic heterocycles. The van der Waals surface area contributed by atoms with Crippen molar-refractivity contribution in [3.05, 3.63) is 65.1 Å². The molecule has 0 bridgehead atoms. The molecule has 1 amide bonds. The Morgan fingerprint density at radius 2 is 1.88 bits per heavy atom. The number of carbonyl (C=O) groups excluding carboxylic acids is 1. The largest absolute Gasteiger partial charge is 0.493 e. The van der Waals surface area contributed by atoms with Gasteiger partial charge in [-0.25, -0.2) is 4.98 Å². The molecule has 1 unspecified atom stereocenters. The number of nitrogens with one attached hydrogen (secondary N) is 1. The molecule has 0 fully saturated rings. The molecule has 6 nitrogen and oxygen atoms in total. The fraction of sp³-hybridized carbons (Fsp3) is 0.360. The van der Waals surface area contributed by atoms with Crippen molar-refractivity contribution in [1.82, 2.24) is 10.3 Å². The number of carbonyl (C=O) groups is 1. The minimum atomic E-state index is -0.176. The summed E-state index contributed by atoms with van der Waals surface area (Å²) in [6, 6.07) is 12.9. The molecule has 1 aromatic heterocycles. The van der Waals surface area contributed by atoms with Gasteiger partial charge in [0, 0.05) is 23.4 Å². The molecule has 3 aromatic rings. The summed E-state index contributed by atoms with van der Waals surface area (Å²) in [6.45, 7) is 6.73. The Morgan fingerprint density at radius 3 is 2.56 bits per heavy atom. The average molecular weight is 457 g/mol. The predicted molar refractivity (Wildman–Crippen MR) is 125 cm³/mol. The number of benzene rings is 2. The third-order valence-corrected chi connectivity index (χ3v) is 5.14. The van der Waals surface area contributed by atoms with E-state index in [-0.39, 0.29) is 18.4 Å². The van der Waals surface area contributed by atoms with Gasteiger partial charge in [0.1, 0.15) is 0 Å².